The van der Waals surface area contributed by atoms with E-state index < -0.39 is 18.9 Å². The lowest BCUT2D eigenvalue weighted by molar-refractivity contribution is -0.138. The number of ether oxygens (including phenoxy) is 1. The molecule has 3 nitrogen and oxygen atoms in total. The summed E-state index contributed by atoms with van der Waals surface area (Å²) in [6.07, 6.45) is 0. The summed E-state index contributed by atoms with van der Waals surface area (Å²) >= 11 is 0. The van der Waals surface area contributed by atoms with Crippen molar-refractivity contribution in [2.75, 3.05) is 7.04 Å². The summed E-state index contributed by atoms with van der Waals surface area (Å²) in [7, 11) is -2.48. The lowest BCUT2D eigenvalue weighted by Crippen LogP contribution is -2.06. The molecule has 0 aliphatic carbocycles. The van der Waals surface area contributed by atoms with Crippen molar-refractivity contribution in [2.24, 2.45) is 0 Å². The molecule has 1 atom stereocenters. The molecule has 3 heteroatoms. The molecule has 88 valence electrons. The quantitative estimate of drug-likeness (QED) is 0.886. The van der Waals surface area contributed by atoms with E-state index in [2.05, 4.69) is 0 Å². The van der Waals surface area contributed by atoms with Crippen LogP contribution in [0.3, 0.4) is 0 Å². The van der Waals surface area contributed by atoms with Gasteiger partial charge in [0.25, 0.3) is 0 Å². The number of carboxylic acids is 1. The van der Waals surface area contributed by atoms with Crippen LogP contribution in [0.15, 0.2) is 36.4 Å². The van der Waals surface area contributed by atoms with Gasteiger partial charge in [0.05, 0.1) is 17.1 Å². The number of rotatable bonds is 3. The monoisotopic (exact) mass is 233 g/mol. The third kappa shape index (κ3) is 2.23. The minimum Gasteiger partial charge on any atom is -0.497 e. The predicted octanol–water partition coefficient (Wildman–Crippen LogP) is 3.04. The van der Waals surface area contributed by atoms with E-state index in [0.717, 1.165) is 10.8 Å². The van der Waals surface area contributed by atoms with Crippen molar-refractivity contribution in [2.45, 2.75) is 12.8 Å². The van der Waals surface area contributed by atoms with Gasteiger partial charge < -0.3 is 9.84 Å². The molecule has 1 N–H and O–H groups in total. The molecule has 0 fully saturated rings. The lowest BCUT2D eigenvalue weighted by Gasteiger charge is -2.08. The summed E-state index contributed by atoms with van der Waals surface area (Å²) in [5.41, 5.74) is 0.703. The van der Waals surface area contributed by atoms with Crippen molar-refractivity contribution in [3.8, 4) is 5.75 Å². The SMILES string of the molecule is [2H]C([2H])([2H])Oc1ccc2cc([C@H](C)C(=O)O)ccc2c1. The van der Waals surface area contributed by atoms with E-state index in [1.807, 2.05) is 0 Å². The van der Waals surface area contributed by atoms with Crippen LogP contribution in [0.5, 0.6) is 5.75 Å². The van der Waals surface area contributed by atoms with Gasteiger partial charge in [-0.05, 0) is 35.4 Å². The summed E-state index contributed by atoms with van der Waals surface area (Å²) in [6.45, 7) is 1.62. The van der Waals surface area contributed by atoms with Crippen molar-refractivity contribution >= 4 is 16.7 Å². The number of aliphatic carboxylic acids is 1. The highest BCUT2D eigenvalue weighted by Crippen LogP contribution is 2.25. The van der Waals surface area contributed by atoms with Gasteiger partial charge in [-0.1, -0.05) is 24.3 Å². The van der Waals surface area contributed by atoms with Crippen LogP contribution in [0.1, 0.15) is 22.5 Å². The van der Waals surface area contributed by atoms with Crippen LogP contribution in [0.4, 0.5) is 0 Å². The molecule has 0 aliphatic rings. The second-order valence-electron chi connectivity index (χ2n) is 3.93. The molecule has 0 radical (unpaired) electrons. The number of hydrogen-bond acceptors (Lipinski definition) is 2. The molecule has 0 aliphatic heterocycles. The highest BCUT2D eigenvalue weighted by molar-refractivity contribution is 5.86. The smallest absolute Gasteiger partial charge is 0.310 e. The topological polar surface area (TPSA) is 46.5 Å². The van der Waals surface area contributed by atoms with E-state index in [-0.39, 0.29) is 5.75 Å². The highest BCUT2D eigenvalue weighted by Gasteiger charge is 2.13. The zero-order chi connectivity index (χ0) is 14.9. The number of carbonyl (C=O) groups is 1. The van der Waals surface area contributed by atoms with E-state index in [4.69, 9.17) is 14.0 Å². The maximum Gasteiger partial charge on any atom is 0.310 e. The molecule has 0 saturated carbocycles. The van der Waals surface area contributed by atoms with Gasteiger partial charge in [-0.15, -0.1) is 0 Å². The van der Waals surface area contributed by atoms with Gasteiger partial charge in [0, 0.05) is 0 Å². The summed E-state index contributed by atoms with van der Waals surface area (Å²) in [6, 6.07) is 10.2. The first kappa shape index (κ1) is 8.12. The van der Waals surface area contributed by atoms with E-state index in [1.54, 1.807) is 43.3 Å². The Morgan fingerprint density at radius 1 is 1.29 bits per heavy atom. The Bertz CT molecular complexity index is 650. The standard InChI is InChI=1S/C14H14O3/c1-9(14(15)16)10-3-4-12-8-13(17-2)6-5-11(12)7-10/h3-9H,1-2H3,(H,15,16)/t9-/m0/s1/i2D3. The molecule has 17 heavy (non-hydrogen) atoms. The van der Waals surface area contributed by atoms with Gasteiger partial charge >= 0.3 is 5.97 Å². The molecule has 0 unspecified atom stereocenters. The van der Waals surface area contributed by atoms with Crippen LogP contribution < -0.4 is 4.74 Å². The Morgan fingerprint density at radius 2 is 2.00 bits per heavy atom. The minimum absolute atomic E-state index is 0.261. The van der Waals surface area contributed by atoms with E-state index >= 15 is 0 Å². The molecular formula is C14H14O3. The molecule has 0 heterocycles. The van der Waals surface area contributed by atoms with Crippen LogP contribution in [-0.2, 0) is 4.79 Å². The third-order valence-electron chi connectivity index (χ3n) is 2.82. The molecule has 0 saturated heterocycles. The number of methoxy groups -OCH3 is 1. The second kappa shape index (κ2) is 4.45. The first-order valence-electron chi connectivity index (χ1n) is 6.72. The third-order valence-corrected chi connectivity index (χ3v) is 2.82. The Balaban J connectivity index is 2.37. The molecular weight excluding hydrogens is 216 g/mol. The zero-order valence-electron chi connectivity index (χ0n) is 12.3. The molecule has 0 bridgehead atoms. The van der Waals surface area contributed by atoms with Gasteiger partial charge in [-0.2, -0.15) is 0 Å². The maximum atomic E-state index is 11.0. The fourth-order valence-corrected chi connectivity index (χ4v) is 1.72. The van der Waals surface area contributed by atoms with Crippen molar-refractivity contribution in [3.05, 3.63) is 42.0 Å². The molecule has 2 rings (SSSR count). The number of benzene rings is 2. The Morgan fingerprint density at radius 3 is 2.71 bits per heavy atom. The average Bonchev–Trinajstić information content (AvgIpc) is 2.35. The molecule has 0 amide bonds. The number of carboxylic acid groups (broad SMARTS) is 1. The van der Waals surface area contributed by atoms with Crippen molar-refractivity contribution in [1.82, 2.24) is 0 Å². The number of fused-ring (bicyclic) bond motifs is 1. The van der Waals surface area contributed by atoms with Gasteiger partial charge in [-0.3, -0.25) is 4.79 Å². The first-order valence-corrected chi connectivity index (χ1v) is 5.22. The molecule has 0 spiro atoms. The first-order chi connectivity index (χ1) is 9.26. The summed E-state index contributed by atoms with van der Waals surface area (Å²) in [5, 5.41) is 10.6. The average molecular weight is 233 g/mol. The predicted molar refractivity (Wildman–Crippen MR) is 66.6 cm³/mol. The van der Waals surface area contributed by atoms with Gasteiger partial charge in [0.2, 0.25) is 0 Å². The maximum absolute atomic E-state index is 11.0. The summed E-state index contributed by atoms with van der Waals surface area (Å²) < 4.78 is 26.0. The number of hydrogen-bond donors (Lipinski definition) is 1. The normalized spacial score (nSPS) is 15.7. The van der Waals surface area contributed by atoms with Crippen molar-refractivity contribution in [3.63, 3.8) is 0 Å². The van der Waals surface area contributed by atoms with E-state index in [0.29, 0.717) is 5.56 Å². The second-order valence-corrected chi connectivity index (χ2v) is 3.93. The molecule has 0 aromatic heterocycles. The van der Waals surface area contributed by atoms with Crippen LogP contribution in [0.25, 0.3) is 10.8 Å². The zero-order valence-corrected chi connectivity index (χ0v) is 9.31. The fourth-order valence-electron chi connectivity index (χ4n) is 1.72. The van der Waals surface area contributed by atoms with Crippen LogP contribution in [-0.4, -0.2) is 18.1 Å². The van der Waals surface area contributed by atoms with Gasteiger partial charge in [-0.25, -0.2) is 0 Å². The van der Waals surface area contributed by atoms with E-state index in [1.165, 1.54) is 0 Å². The van der Waals surface area contributed by atoms with Crippen LogP contribution >= 0.6 is 0 Å². The van der Waals surface area contributed by atoms with Gasteiger partial charge in [0.1, 0.15) is 5.75 Å². The Kier molecular flexibility index (Phi) is 2.13. The highest BCUT2D eigenvalue weighted by atomic mass is 16.5. The van der Waals surface area contributed by atoms with Crippen LogP contribution in [0.2, 0.25) is 0 Å². The van der Waals surface area contributed by atoms with E-state index in [9.17, 15) is 4.79 Å². The van der Waals surface area contributed by atoms with Crippen LogP contribution in [0, 0.1) is 0 Å². The Labute approximate surface area is 104 Å². The molecule has 2 aromatic carbocycles. The van der Waals surface area contributed by atoms with Crippen molar-refractivity contribution < 1.29 is 18.8 Å². The fraction of sp³-hybridized carbons (Fsp3) is 0.214. The lowest BCUT2D eigenvalue weighted by atomic mass is 9.98. The summed E-state index contributed by atoms with van der Waals surface area (Å²) in [4.78, 5) is 11.0. The largest absolute Gasteiger partial charge is 0.497 e. The Hall–Kier alpha value is -2.03. The minimum atomic E-state index is -2.48. The van der Waals surface area contributed by atoms with Gasteiger partial charge in [0.15, 0.2) is 0 Å². The summed E-state index contributed by atoms with van der Waals surface area (Å²) in [5.74, 6) is -1.21. The molecule has 2 aromatic rings. The van der Waals surface area contributed by atoms with Crippen molar-refractivity contribution in [1.29, 1.82) is 0 Å².